The summed E-state index contributed by atoms with van der Waals surface area (Å²) in [6, 6.07) is 4.79. The van der Waals surface area contributed by atoms with Crippen LogP contribution in [0.4, 0.5) is 4.79 Å². The summed E-state index contributed by atoms with van der Waals surface area (Å²) in [5.74, 6) is 0.328. The van der Waals surface area contributed by atoms with Gasteiger partial charge in [0.15, 0.2) is 5.58 Å². The van der Waals surface area contributed by atoms with E-state index in [1.54, 1.807) is 18.2 Å². The summed E-state index contributed by atoms with van der Waals surface area (Å²) >= 11 is 5.90. The molecule has 8 heteroatoms. The number of carbonyl (C=O) groups is 1. The summed E-state index contributed by atoms with van der Waals surface area (Å²) < 4.78 is 15.1. The Hall–Kier alpha value is -1.99. The largest absolute Gasteiger partial charge is 0.473 e. The molecule has 0 fully saturated rings. The topological polar surface area (TPSA) is 114 Å². The van der Waals surface area contributed by atoms with Crippen molar-refractivity contribution >= 4 is 28.7 Å². The third kappa shape index (κ3) is 3.75. The van der Waals surface area contributed by atoms with Crippen LogP contribution in [0.2, 0.25) is 5.02 Å². The number of nitrogens with zero attached hydrogens (tertiary/aromatic N) is 1. The number of rotatable bonds is 6. The summed E-state index contributed by atoms with van der Waals surface area (Å²) in [4.78, 5) is 10.4. The highest BCUT2D eigenvalue weighted by atomic mass is 35.5. The van der Waals surface area contributed by atoms with E-state index in [1.807, 2.05) is 0 Å². The van der Waals surface area contributed by atoms with E-state index in [4.69, 9.17) is 32.3 Å². The molecular weight excluding hydrogens is 286 g/mol. The van der Waals surface area contributed by atoms with Crippen LogP contribution in [0.25, 0.3) is 11.0 Å². The summed E-state index contributed by atoms with van der Waals surface area (Å²) in [6.45, 7) is 0.349. The molecule has 1 amide bonds. The molecule has 1 atom stereocenters. The molecule has 0 aliphatic rings. The minimum Gasteiger partial charge on any atom is -0.473 e. The van der Waals surface area contributed by atoms with E-state index in [2.05, 4.69) is 9.89 Å². The monoisotopic (exact) mass is 299 g/mol. The number of primary amides is 1. The molecule has 1 heterocycles. The van der Waals surface area contributed by atoms with Crippen LogP contribution in [-0.4, -0.2) is 30.5 Å². The van der Waals surface area contributed by atoms with Crippen LogP contribution >= 0.6 is 11.6 Å². The van der Waals surface area contributed by atoms with E-state index in [1.165, 1.54) is 0 Å². The van der Waals surface area contributed by atoms with Crippen molar-refractivity contribution in [2.24, 2.45) is 11.5 Å². The average molecular weight is 300 g/mol. The molecule has 2 rings (SSSR count). The molecular formula is C12H14ClN3O4. The first-order valence-electron chi connectivity index (χ1n) is 5.92. The normalized spacial score (nSPS) is 12.3. The van der Waals surface area contributed by atoms with Gasteiger partial charge in [-0.25, -0.2) is 4.79 Å². The molecule has 20 heavy (non-hydrogen) atoms. The van der Waals surface area contributed by atoms with E-state index in [0.717, 1.165) is 0 Å². The maximum atomic E-state index is 10.4. The number of hydrogen-bond acceptors (Lipinski definition) is 6. The Bertz CT molecular complexity index is 601. The number of halogens is 1. The van der Waals surface area contributed by atoms with Gasteiger partial charge in [0, 0.05) is 17.5 Å². The number of amides is 1. The Balaban J connectivity index is 1.89. The molecule has 0 aliphatic carbocycles. The highest BCUT2D eigenvalue weighted by molar-refractivity contribution is 6.31. The van der Waals surface area contributed by atoms with Crippen molar-refractivity contribution < 1.29 is 18.8 Å². The van der Waals surface area contributed by atoms with Gasteiger partial charge in [0.05, 0.1) is 12.0 Å². The van der Waals surface area contributed by atoms with Crippen molar-refractivity contribution in [1.82, 2.24) is 5.16 Å². The van der Waals surface area contributed by atoms with Crippen molar-refractivity contribution in [3.05, 3.63) is 23.2 Å². The van der Waals surface area contributed by atoms with Gasteiger partial charge in [-0.05, 0) is 23.4 Å². The molecule has 0 saturated carbocycles. The Morgan fingerprint density at radius 1 is 1.50 bits per heavy atom. The minimum absolute atomic E-state index is 0.144. The van der Waals surface area contributed by atoms with Crippen LogP contribution in [0.5, 0.6) is 5.88 Å². The van der Waals surface area contributed by atoms with Gasteiger partial charge in [-0.15, -0.1) is 0 Å². The van der Waals surface area contributed by atoms with Gasteiger partial charge in [-0.3, -0.25) is 0 Å². The predicted molar refractivity (Wildman–Crippen MR) is 72.6 cm³/mol. The molecule has 0 saturated heterocycles. The number of ether oxygens (including phenoxy) is 2. The zero-order chi connectivity index (χ0) is 14.5. The molecule has 0 radical (unpaired) electrons. The highest BCUT2D eigenvalue weighted by Gasteiger charge is 2.12. The Labute approximate surface area is 119 Å². The van der Waals surface area contributed by atoms with Crippen molar-refractivity contribution in [1.29, 1.82) is 0 Å². The van der Waals surface area contributed by atoms with Gasteiger partial charge in [0.25, 0.3) is 5.88 Å². The number of carbonyl (C=O) groups excluding carboxylic acids is 1. The van der Waals surface area contributed by atoms with E-state index < -0.39 is 6.09 Å². The summed E-state index contributed by atoms with van der Waals surface area (Å²) in [5, 5.41) is 5.04. The SMILES string of the molecule is NC(=O)OCCC(N)COc1noc2ccc(Cl)cc12. The number of benzene rings is 1. The van der Waals surface area contributed by atoms with Crippen LogP contribution in [-0.2, 0) is 4.74 Å². The van der Waals surface area contributed by atoms with Gasteiger partial charge >= 0.3 is 6.09 Å². The Kier molecular flexibility index (Phi) is 4.65. The van der Waals surface area contributed by atoms with Crippen molar-refractivity contribution in [2.45, 2.75) is 12.5 Å². The molecule has 0 spiro atoms. The van der Waals surface area contributed by atoms with E-state index in [-0.39, 0.29) is 19.3 Å². The van der Waals surface area contributed by atoms with Crippen LogP contribution in [0, 0.1) is 0 Å². The third-order valence-corrected chi connectivity index (χ3v) is 2.80. The first-order chi connectivity index (χ1) is 9.56. The van der Waals surface area contributed by atoms with Crippen LogP contribution in [0.1, 0.15) is 6.42 Å². The van der Waals surface area contributed by atoms with Gasteiger partial charge in [0.1, 0.15) is 6.61 Å². The van der Waals surface area contributed by atoms with Gasteiger partial charge < -0.3 is 25.5 Å². The quantitative estimate of drug-likeness (QED) is 0.838. The number of nitrogens with two attached hydrogens (primary N) is 2. The lowest BCUT2D eigenvalue weighted by molar-refractivity contribution is 0.148. The molecule has 1 aromatic heterocycles. The molecule has 0 bridgehead atoms. The van der Waals surface area contributed by atoms with Crippen LogP contribution in [0.15, 0.2) is 22.7 Å². The van der Waals surface area contributed by atoms with E-state index in [9.17, 15) is 4.79 Å². The smallest absolute Gasteiger partial charge is 0.404 e. The first-order valence-corrected chi connectivity index (χ1v) is 6.29. The fraction of sp³-hybridized carbons (Fsp3) is 0.333. The maximum Gasteiger partial charge on any atom is 0.404 e. The number of aromatic nitrogens is 1. The summed E-state index contributed by atoms with van der Waals surface area (Å²) in [5.41, 5.74) is 11.2. The zero-order valence-electron chi connectivity index (χ0n) is 10.5. The summed E-state index contributed by atoms with van der Waals surface area (Å²) in [7, 11) is 0. The Morgan fingerprint density at radius 3 is 3.05 bits per heavy atom. The highest BCUT2D eigenvalue weighted by Crippen LogP contribution is 2.27. The van der Waals surface area contributed by atoms with Crippen molar-refractivity contribution in [3.63, 3.8) is 0 Å². The first kappa shape index (κ1) is 14.4. The molecule has 1 unspecified atom stereocenters. The van der Waals surface area contributed by atoms with Gasteiger partial charge in [-0.2, -0.15) is 0 Å². The molecule has 7 nitrogen and oxygen atoms in total. The molecule has 0 aliphatic heterocycles. The number of hydrogen-bond donors (Lipinski definition) is 2. The van der Waals surface area contributed by atoms with Crippen molar-refractivity contribution in [2.75, 3.05) is 13.2 Å². The lowest BCUT2D eigenvalue weighted by atomic mass is 10.2. The van der Waals surface area contributed by atoms with E-state index in [0.29, 0.717) is 28.3 Å². The molecule has 4 N–H and O–H groups in total. The molecule has 1 aromatic carbocycles. The molecule has 2 aromatic rings. The second-order valence-electron chi connectivity index (χ2n) is 4.16. The predicted octanol–water partition coefficient (Wildman–Crippen LogP) is 1.67. The maximum absolute atomic E-state index is 10.4. The van der Waals surface area contributed by atoms with E-state index >= 15 is 0 Å². The summed E-state index contributed by atoms with van der Waals surface area (Å²) in [6.07, 6.45) is -0.394. The van der Waals surface area contributed by atoms with Gasteiger partial charge in [0.2, 0.25) is 0 Å². The van der Waals surface area contributed by atoms with Crippen LogP contribution in [0.3, 0.4) is 0 Å². The van der Waals surface area contributed by atoms with Gasteiger partial charge in [-0.1, -0.05) is 11.6 Å². The second-order valence-corrected chi connectivity index (χ2v) is 4.59. The van der Waals surface area contributed by atoms with Crippen molar-refractivity contribution in [3.8, 4) is 5.88 Å². The third-order valence-electron chi connectivity index (χ3n) is 2.57. The lowest BCUT2D eigenvalue weighted by Crippen LogP contribution is -2.30. The second kappa shape index (κ2) is 6.44. The zero-order valence-corrected chi connectivity index (χ0v) is 11.3. The Morgan fingerprint density at radius 2 is 2.30 bits per heavy atom. The minimum atomic E-state index is -0.824. The number of fused-ring (bicyclic) bond motifs is 1. The fourth-order valence-electron chi connectivity index (χ4n) is 1.57. The standard InChI is InChI=1S/C12H14ClN3O4/c13-7-1-2-10-9(5-7)11(16-20-10)19-6-8(14)3-4-18-12(15)17/h1-2,5,8H,3-4,6,14H2,(H2,15,17). The molecule has 108 valence electrons. The fourth-order valence-corrected chi connectivity index (χ4v) is 1.75. The average Bonchev–Trinajstić information content (AvgIpc) is 2.78. The lowest BCUT2D eigenvalue weighted by Gasteiger charge is -2.11. The van der Waals surface area contributed by atoms with Crippen LogP contribution < -0.4 is 16.2 Å².